The Bertz CT molecular complexity index is 947. The molecule has 0 atom stereocenters. The van der Waals surface area contributed by atoms with Gasteiger partial charge >= 0.3 is 0 Å². The molecule has 0 radical (unpaired) electrons. The molecule has 0 spiro atoms. The van der Waals surface area contributed by atoms with Gasteiger partial charge in [0, 0.05) is 11.3 Å². The van der Waals surface area contributed by atoms with Crippen LogP contribution < -0.4 is 15.8 Å². The smallest absolute Gasteiger partial charge is 0.277 e. The number of benzene rings is 2. The lowest BCUT2D eigenvalue weighted by Crippen LogP contribution is -2.41. The molecule has 146 valence electrons. The number of aryl methyl sites for hydroxylation is 2. The van der Waals surface area contributed by atoms with Gasteiger partial charge in [0.1, 0.15) is 0 Å². The number of alkyl halides is 2. The molecule has 2 aromatic rings. The fourth-order valence-corrected chi connectivity index (χ4v) is 3.65. The molecule has 0 aromatic heterocycles. The number of rotatable bonds is 7. The van der Waals surface area contributed by atoms with Gasteiger partial charge in [0.2, 0.25) is 0 Å². The molecular weight excluding hydrogens is 376 g/mol. The molecule has 1 amide bonds. The third-order valence-corrected chi connectivity index (χ3v) is 5.34. The van der Waals surface area contributed by atoms with Crippen molar-refractivity contribution in [2.45, 2.75) is 24.7 Å². The maximum Gasteiger partial charge on any atom is 0.277 e. The number of nitrogens with two attached hydrogens (primary N) is 1. The molecule has 0 fully saturated rings. The summed E-state index contributed by atoms with van der Waals surface area (Å²) in [5.74, 6) is -4.04. The highest BCUT2D eigenvalue weighted by molar-refractivity contribution is 7.92. The Morgan fingerprint density at radius 1 is 1.15 bits per heavy atom. The Hall–Kier alpha value is -2.52. The average Bonchev–Trinajstić information content (AvgIpc) is 2.59. The van der Waals surface area contributed by atoms with E-state index < -0.39 is 34.9 Å². The second kappa shape index (κ2) is 8.01. The fraction of sp³-hybridized carbons (Fsp3) is 0.278. The zero-order chi connectivity index (χ0) is 20.2. The van der Waals surface area contributed by atoms with Crippen LogP contribution >= 0.6 is 0 Å². The van der Waals surface area contributed by atoms with Crippen LogP contribution in [-0.2, 0) is 10.0 Å². The van der Waals surface area contributed by atoms with E-state index in [1.54, 1.807) is 25.1 Å². The van der Waals surface area contributed by atoms with Crippen LogP contribution in [0, 0.1) is 13.8 Å². The van der Waals surface area contributed by atoms with Crippen molar-refractivity contribution in [3.05, 3.63) is 59.2 Å². The van der Waals surface area contributed by atoms with Gasteiger partial charge in [0.25, 0.3) is 21.9 Å². The van der Waals surface area contributed by atoms with Gasteiger partial charge in [-0.05, 0) is 49.2 Å². The van der Waals surface area contributed by atoms with Crippen molar-refractivity contribution in [1.82, 2.24) is 5.32 Å². The van der Waals surface area contributed by atoms with Crippen molar-refractivity contribution >= 4 is 21.6 Å². The van der Waals surface area contributed by atoms with Crippen LogP contribution in [0.2, 0.25) is 0 Å². The van der Waals surface area contributed by atoms with E-state index >= 15 is 0 Å². The molecule has 4 N–H and O–H groups in total. The molecule has 27 heavy (non-hydrogen) atoms. The van der Waals surface area contributed by atoms with Crippen molar-refractivity contribution in [3.8, 4) is 0 Å². The van der Waals surface area contributed by atoms with Crippen LogP contribution in [-0.4, -0.2) is 33.3 Å². The van der Waals surface area contributed by atoms with Gasteiger partial charge < -0.3 is 11.1 Å². The minimum Gasteiger partial charge on any atom is -0.346 e. The lowest BCUT2D eigenvalue weighted by Gasteiger charge is -2.15. The summed E-state index contributed by atoms with van der Waals surface area (Å²) in [4.78, 5) is 12.0. The highest BCUT2D eigenvalue weighted by Crippen LogP contribution is 2.21. The third kappa shape index (κ3) is 5.48. The molecule has 0 heterocycles. The molecule has 2 aromatic carbocycles. The Balaban J connectivity index is 2.27. The van der Waals surface area contributed by atoms with E-state index in [4.69, 9.17) is 5.73 Å². The molecule has 0 bridgehead atoms. The topological polar surface area (TPSA) is 101 Å². The average molecular weight is 397 g/mol. The quantitative estimate of drug-likeness (QED) is 0.668. The molecule has 2 rings (SSSR count). The number of carbonyl (C=O) groups excluding carboxylic acids is 1. The summed E-state index contributed by atoms with van der Waals surface area (Å²) in [5, 5.41) is 2.06. The van der Waals surface area contributed by atoms with Gasteiger partial charge in [-0.1, -0.05) is 18.2 Å². The Labute approximate surface area is 156 Å². The monoisotopic (exact) mass is 397 g/mol. The SMILES string of the molecule is Cc1cccc(NS(=O)(=O)c2cc(C(=O)NCC(F)(F)CN)ccc2C)c1. The van der Waals surface area contributed by atoms with Gasteiger partial charge in [0.15, 0.2) is 0 Å². The molecule has 0 aliphatic rings. The zero-order valence-electron chi connectivity index (χ0n) is 14.9. The molecule has 9 heteroatoms. The van der Waals surface area contributed by atoms with Gasteiger partial charge in [0.05, 0.1) is 18.0 Å². The van der Waals surface area contributed by atoms with Gasteiger partial charge in [-0.2, -0.15) is 0 Å². The second-order valence-electron chi connectivity index (χ2n) is 6.20. The van der Waals surface area contributed by atoms with Crippen molar-refractivity contribution < 1.29 is 22.0 Å². The molecule has 0 aliphatic carbocycles. The van der Waals surface area contributed by atoms with Gasteiger partial charge in [-0.15, -0.1) is 0 Å². The maximum absolute atomic E-state index is 13.2. The van der Waals surface area contributed by atoms with E-state index in [0.29, 0.717) is 11.3 Å². The molecule has 0 unspecified atom stereocenters. The second-order valence-corrected chi connectivity index (χ2v) is 7.85. The first-order valence-electron chi connectivity index (χ1n) is 8.10. The number of amides is 1. The first-order valence-corrected chi connectivity index (χ1v) is 9.59. The summed E-state index contributed by atoms with van der Waals surface area (Å²) in [7, 11) is -3.96. The first-order chi connectivity index (χ1) is 12.5. The zero-order valence-corrected chi connectivity index (χ0v) is 15.7. The summed E-state index contributed by atoms with van der Waals surface area (Å²) < 4.78 is 54.2. The van der Waals surface area contributed by atoms with E-state index in [0.717, 1.165) is 11.6 Å². The first kappa shape index (κ1) is 20.8. The van der Waals surface area contributed by atoms with Crippen molar-refractivity contribution in [1.29, 1.82) is 0 Å². The number of nitrogens with one attached hydrogen (secondary N) is 2. The highest BCUT2D eigenvalue weighted by atomic mass is 32.2. The third-order valence-electron chi connectivity index (χ3n) is 3.82. The number of sulfonamides is 1. The summed E-state index contributed by atoms with van der Waals surface area (Å²) in [5.41, 5.74) is 6.56. The minimum atomic E-state index is -3.96. The number of hydrogen-bond acceptors (Lipinski definition) is 4. The van der Waals surface area contributed by atoms with Crippen molar-refractivity contribution in [3.63, 3.8) is 0 Å². The van der Waals surface area contributed by atoms with E-state index in [2.05, 4.69) is 10.0 Å². The summed E-state index contributed by atoms with van der Waals surface area (Å²) in [6, 6.07) is 10.8. The summed E-state index contributed by atoms with van der Waals surface area (Å²) in [6.45, 7) is 1.57. The van der Waals surface area contributed by atoms with Gasteiger partial charge in [-0.25, -0.2) is 17.2 Å². The number of hydrogen-bond donors (Lipinski definition) is 3. The number of carbonyl (C=O) groups is 1. The van der Waals surface area contributed by atoms with Crippen LogP contribution in [0.1, 0.15) is 21.5 Å². The van der Waals surface area contributed by atoms with Gasteiger partial charge in [-0.3, -0.25) is 9.52 Å². The Morgan fingerprint density at radius 2 is 1.85 bits per heavy atom. The van der Waals surface area contributed by atoms with E-state index in [1.807, 2.05) is 13.0 Å². The van der Waals surface area contributed by atoms with E-state index in [1.165, 1.54) is 12.1 Å². The van der Waals surface area contributed by atoms with Crippen molar-refractivity contribution in [2.75, 3.05) is 17.8 Å². The molecule has 0 aliphatic heterocycles. The van der Waals surface area contributed by atoms with E-state index in [-0.39, 0.29) is 10.5 Å². The van der Waals surface area contributed by atoms with Crippen LogP contribution in [0.5, 0.6) is 0 Å². The van der Waals surface area contributed by atoms with Crippen LogP contribution in [0.4, 0.5) is 14.5 Å². The van der Waals surface area contributed by atoms with Crippen LogP contribution in [0.15, 0.2) is 47.4 Å². The maximum atomic E-state index is 13.2. The lowest BCUT2D eigenvalue weighted by atomic mass is 10.1. The summed E-state index contributed by atoms with van der Waals surface area (Å²) in [6.07, 6.45) is 0. The standard InChI is InChI=1S/C18H21F2N3O3S/c1-12-4-3-5-15(8-12)23-27(25,26)16-9-14(7-6-13(16)2)17(24)22-11-18(19,20)10-21/h3-9,23H,10-11,21H2,1-2H3,(H,22,24). The minimum absolute atomic E-state index is 0.0435. The predicted molar refractivity (Wildman–Crippen MR) is 99.5 cm³/mol. The lowest BCUT2D eigenvalue weighted by molar-refractivity contribution is 0.0118. The number of anilines is 1. The normalized spacial score (nSPS) is 11.9. The molecule has 6 nitrogen and oxygen atoms in total. The van der Waals surface area contributed by atoms with Crippen LogP contribution in [0.25, 0.3) is 0 Å². The van der Waals surface area contributed by atoms with Crippen LogP contribution in [0.3, 0.4) is 0 Å². The Morgan fingerprint density at radius 3 is 2.48 bits per heavy atom. The Kier molecular flexibility index (Phi) is 6.17. The molecule has 0 saturated carbocycles. The largest absolute Gasteiger partial charge is 0.346 e. The van der Waals surface area contributed by atoms with E-state index in [9.17, 15) is 22.0 Å². The predicted octanol–water partition coefficient (Wildman–Crippen LogP) is 2.43. The highest BCUT2D eigenvalue weighted by Gasteiger charge is 2.27. The molecular formula is C18H21F2N3O3S. The molecule has 0 saturated heterocycles. The van der Waals surface area contributed by atoms with Crippen molar-refractivity contribution in [2.24, 2.45) is 5.73 Å². The fourth-order valence-electron chi connectivity index (χ4n) is 2.33. The summed E-state index contributed by atoms with van der Waals surface area (Å²) >= 11 is 0. The number of halogens is 2.